The van der Waals surface area contributed by atoms with E-state index in [-0.39, 0.29) is 0 Å². The van der Waals surface area contributed by atoms with Gasteiger partial charge in [0.25, 0.3) is 0 Å². The molecule has 23 heavy (non-hydrogen) atoms. The first kappa shape index (κ1) is 18.2. The van der Waals surface area contributed by atoms with Crippen molar-refractivity contribution in [3.63, 3.8) is 0 Å². The molecule has 1 fully saturated rings. The normalized spacial score (nSPS) is 19.7. The van der Waals surface area contributed by atoms with Gasteiger partial charge in [-0.05, 0) is 37.4 Å². The van der Waals surface area contributed by atoms with Gasteiger partial charge in [0, 0.05) is 38.9 Å². The minimum Gasteiger partial charge on any atom is -0.377 e. The molecule has 1 heterocycles. The van der Waals surface area contributed by atoms with Gasteiger partial charge in [-0.15, -0.1) is 0 Å². The number of piperidine rings is 1. The zero-order chi connectivity index (χ0) is 16.9. The third-order valence-corrected chi connectivity index (χ3v) is 5.17. The largest absolute Gasteiger partial charge is 0.377 e. The second-order valence-corrected chi connectivity index (χ2v) is 8.43. The highest BCUT2D eigenvalue weighted by Crippen LogP contribution is 2.25. The first-order valence-electron chi connectivity index (χ1n) is 8.31. The third-order valence-electron chi connectivity index (χ3n) is 4.44. The lowest BCUT2D eigenvalue weighted by Gasteiger charge is -2.36. The molecule has 2 rings (SSSR count). The van der Waals surface area contributed by atoms with E-state index in [1.54, 1.807) is 0 Å². The number of hydrogen-bond donors (Lipinski definition) is 1. The van der Waals surface area contributed by atoms with E-state index < -0.39 is 10.0 Å². The molecule has 0 unspecified atom stereocenters. The molecule has 6 heteroatoms. The Hall–Kier alpha value is -1.11. The second-order valence-electron chi connectivity index (χ2n) is 6.60. The molecular formula is C17H29N3O2S. The van der Waals surface area contributed by atoms with Crippen LogP contribution in [0.1, 0.15) is 31.2 Å². The van der Waals surface area contributed by atoms with Crippen molar-refractivity contribution in [3.8, 4) is 0 Å². The van der Waals surface area contributed by atoms with Gasteiger partial charge < -0.3 is 4.90 Å². The molecule has 1 saturated heterocycles. The van der Waals surface area contributed by atoms with Crippen LogP contribution in [0.25, 0.3) is 0 Å². The standard InChI is InChI=1S/C17H29N3O2S/c1-19(2)17-10-5-4-8-15(17)14-20-13-7-6-9-16(20)11-12-18-23(3,21)22/h4-5,8,10,16,18H,6-7,9,11-14H2,1-3H3/t16-/m1/s1. The maximum absolute atomic E-state index is 11.2. The van der Waals surface area contributed by atoms with Crippen molar-refractivity contribution in [2.75, 3.05) is 38.3 Å². The van der Waals surface area contributed by atoms with Crippen molar-refractivity contribution >= 4 is 15.7 Å². The van der Waals surface area contributed by atoms with Crippen LogP contribution in [0.3, 0.4) is 0 Å². The van der Waals surface area contributed by atoms with E-state index >= 15 is 0 Å². The molecule has 0 aromatic heterocycles. The first-order valence-corrected chi connectivity index (χ1v) is 10.2. The summed E-state index contributed by atoms with van der Waals surface area (Å²) in [5.74, 6) is 0. The molecule has 0 bridgehead atoms. The molecular weight excluding hydrogens is 310 g/mol. The van der Waals surface area contributed by atoms with Crippen LogP contribution in [0.5, 0.6) is 0 Å². The van der Waals surface area contributed by atoms with Gasteiger partial charge in [0.05, 0.1) is 6.26 Å². The van der Waals surface area contributed by atoms with Crippen LogP contribution in [-0.4, -0.2) is 52.8 Å². The Morgan fingerprint density at radius 3 is 2.70 bits per heavy atom. The number of nitrogens with one attached hydrogen (secondary N) is 1. The van der Waals surface area contributed by atoms with E-state index in [1.165, 1.54) is 30.3 Å². The average Bonchev–Trinajstić information content (AvgIpc) is 2.48. The molecule has 0 amide bonds. The molecule has 1 aromatic rings. The van der Waals surface area contributed by atoms with Crippen LogP contribution >= 0.6 is 0 Å². The summed E-state index contributed by atoms with van der Waals surface area (Å²) in [6, 6.07) is 8.96. The van der Waals surface area contributed by atoms with Crippen LogP contribution in [0, 0.1) is 0 Å². The highest BCUT2D eigenvalue weighted by atomic mass is 32.2. The van der Waals surface area contributed by atoms with Crippen LogP contribution in [0.2, 0.25) is 0 Å². The Morgan fingerprint density at radius 1 is 1.26 bits per heavy atom. The molecule has 5 nitrogen and oxygen atoms in total. The van der Waals surface area contributed by atoms with Crippen LogP contribution in [-0.2, 0) is 16.6 Å². The van der Waals surface area contributed by atoms with E-state index in [1.807, 2.05) is 0 Å². The van der Waals surface area contributed by atoms with Gasteiger partial charge in [-0.3, -0.25) is 4.90 Å². The molecule has 0 aliphatic carbocycles. The van der Waals surface area contributed by atoms with Gasteiger partial charge in [-0.25, -0.2) is 13.1 Å². The van der Waals surface area contributed by atoms with E-state index in [4.69, 9.17) is 0 Å². The van der Waals surface area contributed by atoms with Crippen LogP contribution < -0.4 is 9.62 Å². The Bertz CT molecular complexity index is 602. The predicted octanol–water partition coefficient (Wildman–Crippen LogP) is 2.05. The lowest BCUT2D eigenvalue weighted by atomic mass is 9.98. The second kappa shape index (κ2) is 8.13. The summed E-state index contributed by atoms with van der Waals surface area (Å²) in [5, 5.41) is 0. The SMILES string of the molecule is CN(C)c1ccccc1CN1CCCC[C@@H]1CCNS(C)(=O)=O. The summed E-state index contributed by atoms with van der Waals surface area (Å²) in [5.41, 5.74) is 2.59. The van der Waals surface area contributed by atoms with E-state index in [9.17, 15) is 8.42 Å². The highest BCUT2D eigenvalue weighted by molar-refractivity contribution is 7.88. The van der Waals surface area contributed by atoms with Gasteiger partial charge >= 0.3 is 0 Å². The average molecular weight is 340 g/mol. The number of benzene rings is 1. The van der Waals surface area contributed by atoms with Crippen molar-refractivity contribution < 1.29 is 8.42 Å². The molecule has 0 saturated carbocycles. The summed E-state index contributed by atoms with van der Waals surface area (Å²) in [7, 11) is 1.05. The Kier molecular flexibility index (Phi) is 6.44. The Labute approximate surface area is 140 Å². The molecule has 1 aromatic carbocycles. The van der Waals surface area contributed by atoms with Crippen molar-refractivity contribution in [1.29, 1.82) is 0 Å². The van der Waals surface area contributed by atoms with Crippen molar-refractivity contribution in [1.82, 2.24) is 9.62 Å². The number of rotatable bonds is 7. The maximum Gasteiger partial charge on any atom is 0.208 e. The zero-order valence-corrected chi connectivity index (χ0v) is 15.3. The smallest absolute Gasteiger partial charge is 0.208 e. The fourth-order valence-electron chi connectivity index (χ4n) is 3.31. The van der Waals surface area contributed by atoms with Gasteiger partial charge in [-0.2, -0.15) is 0 Å². The summed E-state index contributed by atoms with van der Waals surface area (Å²) < 4.78 is 25.1. The third kappa shape index (κ3) is 5.79. The lowest BCUT2D eigenvalue weighted by molar-refractivity contribution is 0.133. The fraction of sp³-hybridized carbons (Fsp3) is 0.647. The van der Waals surface area contributed by atoms with Crippen LogP contribution in [0.4, 0.5) is 5.69 Å². The molecule has 1 N–H and O–H groups in total. The van der Waals surface area contributed by atoms with Crippen LogP contribution in [0.15, 0.2) is 24.3 Å². The summed E-state index contributed by atoms with van der Waals surface area (Å²) in [6.07, 6.45) is 5.70. The van der Waals surface area contributed by atoms with E-state index in [0.29, 0.717) is 12.6 Å². The van der Waals surface area contributed by atoms with Crippen molar-refractivity contribution in [3.05, 3.63) is 29.8 Å². The predicted molar refractivity (Wildman–Crippen MR) is 96.3 cm³/mol. The monoisotopic (exact) mass is 339 g/mol. The van der Waals surface area contributed by atoms with Gasteiger partial charge in [-0.1, -0.05) is 24.6 Å². The molecule has 0 radical (unpaired) electrons. The Balaban J connectivity index is 2.01. The molecule has 0 spiro atoms. The number of nitrogens with zero attached hydrogens (tertiary/aromatic N) is 2. The molecule has 1 atom stereocenters. The number of para-hydroxylation sites is 1. The maximum atomic E-state index is 11.2. The minimum absolute atomic E-state index is 0.452. The summed E-state index contributed by atoms with van der Waals surface area (Å²) in [6.45, 7) is 2.54. The molecule has 1 aliphatic heterocycles. The lowest BCUT2D eigenvalue weighted by Crippen LogP contribution is -2.41. The summed E-state index contributed by atoms with van der Waals surface area (Å²) in [4.78, 5) is 4.66. The number of likely N-dealkylation sites (tertiary alicyclic amines) is 1. The number of anilines is 1. The molecule has 1 aliphatic rings. The Morgan fingerprint density at radius 2 is 2.00 bits per heavy atom. The van der Waals surface area contributed by atoms with E-state index in [2.05, 4.69) is 52.9 Å². The highest BCUT2D eigenvalue weighted by Gasteiger charge is 2.23. The van der Waals surface area contributed by atoms with Gasteiger partial charge in [0.1, 0.15) is 0 Å². The molecule has 130 valence electrons. The number of hydrogen-bond acceptors (Lipinski definition) is 4. The van der Waals surface area contributed by atoms with Gasteiger partial charge in [0.15, 0.2) is 0 Å². The first-order chi connectivity index (χ1) is 10.9. The zero-order valence-electron chi connectivity index (χ0n) is 14.5. The summed E-state index contributed by atoms with van der Waals surface area (Å²) >= 11 is 0. The van der Waals surface area contributed by atoms with Crippen molar-refractivity contribution in [2.45, 2.75) is 38.3 Å². The van der Waals surface area contributed by atoms with Gasteiger partial charge in [0.2, 0.25) is 10.0 Å². The topological polar surface area (TPSA) is 52.6 Å². The van der Waals surface area contributed by atoms with E-state index in [0.717, 1.165) is 25.9 Å². The quantitative estimate of drug-likeness (QED) is 0.826. The number of sulfonamides is 1. The fourth-order valence-corrected chi connectivity index (χ4v) is 3.79. The minimum atomic E-state index is -3.09. The van der Waals surface area contributed by atoms with Crippen molar-refractivity contribution in [2.24, 2.45) is 0 Å².